The van der Waals surface area contributed by atoms with Gasteiger partial charge in [0.1, 0.15) is 18.0 Å². The maximum absolute atomic E-state index is 14.3. The molecule has 2 aromatic rings. The second-order valence-electron chi connectivity index (χ2n) is 6.70. The molecule has 0 bridgehead atoms. The lowest BCUT2D eigenvalue weighted by atomic mass is 10.1. The van der Waals surface area contributed by atoms with Gasteiger partial charge >= 0.3 is 0 Å². The number of ether oxygens (including phenoxy) is 2. The Balaban J connectivity index is 0.00000187. The zero-order chi connectivity index (χ0) is 24.2. The second kappa shape index (κ2) is 13.5. The molecule has 7 nitrogen and oxygen atoms in total. The van der Waals surface area contributed by atoms with Crippen molar-refractivity contribution in [1.29, 1.82) is 0 Å². The third-order valence-corrected chi connectivity index (χ3v) is 4.57. The number of amides is 1. The van der Waals surface area contributed by atoms with E-state index in [4.69, 9.17) is 9.47 Å². The monoisotopic (exact) mass is 470 g/mol. The molecule has 0 atom stereocenters. The molecule has 0 radical (unpaired) electrons. The summed E-state index contributed by atoms with van der Waals surface area (Å²) in [6, 6.07) is 3.76. The van der Waals surface area contributed by atoms with Gasteiger partial charge in [0.05, 0.1) is 43.1 Å². The Morgan fingerprint density at radius 1 is 1.21 bits per heavy atom. The summed E-state index contributed by atoms with van der Waals surface area (Å²) in [7, 11) is 0. The first-order valence-electron chi connectivity index (χ1n) is 10.2. The fourth-order valence-corrected chi connectivity index (χ4v) is 3.08. The summed E-state index contributed by atoms with van der Waals surface area (Å²) in [5.74, 6) is -1.13. The Hall–Kier alpha value is -3.05. The van der Waals surface area contributed by atoms with Gasteiger partial charge in [-0.05, 0) is 6.42 Å². The molecule has 0 unspecified atom stereocenters. The summed E-state index contributed by atoms with van der Waals surface area (Å²) in [5.41, 5.74) is 0.0338. The first-order valence-corrected chi connectivity index (χ1v) is 10.2. The predicted octanol–water partition coefficient (Wildman–Crippen LogP) is 4.03. The van der Waals surface area contributed by atoms with Gasteiger partial charge in [-0.2, -0.15) is 0 Å². The normalized spacial score (nSPS) is 13.5. The van der Waals surface area contributed by atoms with E-state index in [1.54, 1.807) is 0 Å². The minimum absolute atomic E-state index is 0.0288. The van der Waals surface area contributed by atoms with Crippen molar-refractivity contribution < 1.29 is 31.8 Å². The molecule has 3 rings (SSSR count). The van der Waals surface area contributed by atoms with E-state index in [0.717, 1.165) is 6.07 Å². The van der Waals surface area contributed by atoms with Crippen molar-refractivity contribution in [2.45, 2.75) is 32.1 Å². The van der Waals surface area contributed by atoms with Crippen molar-refractivity contribution in [3.63, 3.8) is 0 Å². The molecule has 180 valence electrons. The number of hydrogen-bond donors (Lipinski definition) is 2. The highest BCUT2D eigenvalue weighted by molar-refractivity contribution is 5.78. The highest BCUT2D eigenvalue weighted by atomic mass is 19.3. The third kappa shape index (κ3) is 7.22. The molecule has 1 aromatic heterocycles. The lowest BCUT2D eigenvalue weighted by Gasteiger charge is -2.18. The van der Waals surface area contributed by atoms with E-state index in [0.29, 0.717) is 24.5 Å². The van der Waals surface area contributed by atoms with E-state index >= 15 is 0 Å². The Kier molecular flexibility index (Phi) is 10.7. The highest BCUT2D eigenvalue weighted by Gasteiger charge is 2.27. The van der Waals surface area contributed by atoms with Gasteiger partial charge < -0.3 is 20.1 Å². The number of benzene rings is 1. The molecule has 33 heavy (non-hydrogen) atoms. The Morgan fingerprint density at radius 3 is 2.61 bits per heavy atom. The average molecular weight is 470 g/mol. The molecule has 0 aliphatic carbocycles. The summed E-state index contributed by atoms with van der Waals surface area (Å²) in [6.45, 7) is 6.17. The molecular formula is C22H26F4N4O3. The van der Waals surface area contributed by atoms with Gasteiger partial charge in [-0.3, -0.25) is 9.18 Å². The predicted molar refractivity (Wildman–Crippen MR) is 114 cm³/mol. The van der Waals surface area contributed by atoms with Crippen LogP contribution in [0.4, 0.5) is 23.4 Å². The van der Waals surface area contributed by atoms with Crippen LogP contribution in [0.25, 0.3) is 0 Å². The quantitative estimate of drug-likeness (QED) is 0.310. The summed E-state index contributed by atoms with van der Waals surface area (Å²) in [4.78, 5) is 20.5. The van der Waals surface area contributed by atoms with Crippen molar-refractivity contribution in [2.24, 2.45) is 0 Å². The summed E-state index contributed by atoms with van der Waals surface area (Å²) < 4.78 is 63.5. The molecule has 1 fully saturated rings. The van der Waals surface area contributed by atoms with Crippen LogP contribution in [0, 0.1) is 5.82 Å². The van der Waals surface area contributed by atoms with E-state index < -0.39 is 30.8 Å². The van der Waals surface area contributed by atoms with Crippen LogP contribution in [-0.4, -0.2) is 42.3 Å². The average Bonchev–Trinajstić information content (AvgIpc) is 3.34. The molecule has 2 N–H and O–H groups in total. The summed E-state index contributed by atoms with van der Waals surface area (Å²) in [6.07, 6.45) is -2.48. The van der Waals surface area contributed by atoms with E-state index in [1.807, 2.05) is 0 Å². The topological polar surface area (TPSA) is 85.4 Å². The van der Waals surface area contributed by atoms with E-state index in [-0.39, 0.29) is 43.2 Å². The largest absolute Gasteiger partial charge is 0.365 e. The van der Waals surface area contributed by atoms with Crippen molar-refractivity contribution >= 4 is 11.7 Å². The zero-order valence-corrected chi connectivity index (χ0v) is 18.0. The lowest BCUT2D eigenvalue weighted by molar-refractivity contribution is -0.120. The van der Waals surface area contributed by atoms with Crippen LogP contribution < -0.4 is 10.6 Å². The Morgan fingerprint density at radius 2 is 1.94 bits per heavy atom. The number of anilines is 1. The van der Waals surface area contributed by atoms with Crippen molar-refractivity contribution in [2.75, 3.05) is 31.7 Å². The fraction of sp³-hybridized carbons (Fsp3) is 0.409. The number of hydrogen-bond acceptors (Lipinski definition) is 6. The molecule has 1 aliphatic heterocycles. The van der Waals surface area contributed by atoms with Crippen molar-refractivity contribution in [3.05, 3.63) is 65.9 Å². The van der Waals surface area contributed by atoms with E-state index in [2.05, 4.69) is 33.8 Å². The fourth-order valence-electron chi connectivity index (χ4n) is 3.08. The minimum atomic E-state index is -2.93. The van der Waals surface area contributed by atoms with Crippen molar-refractivity contribution in [3.8, 4) is 0 Å². The molecule has 1 aromatic carbocycles. The SMILES string of the molecule is C=C.O=C(Cc1ncnc(NCc2cccc(C(F)F)c2F)c1C1OCCO1)NCCCF. The number of nitrogens with one attached hydrogen (secondary N) is 2. The Labute approximate surface area is 189 Å². The standard InChI is InChI=1S/C20H22F4N4O3.C2H4/c21-5-2-6-25-15(29)9-14-16(20-30-7-8-31-20)19(28-11-27-14)26-10-12-3-1-4-13(17(12)22)18(23)24;1-2/h1,3-4,11,18,20H,2,5-10H2,(H,25,29)(H,26,27,28);1-2H2. The first-order chi connectivity index (χ1) is 16.0. The number of halogens is 4. The molecule has 0 spiro atoms. The minimum Gasteiger partial charge on any atom is -0.365 e. The molecule has 1 saturated heterocycles. The highest BCUT2D eigenvalue weighted by Crippen LogP contribution is 2.31. The van der Waals surface area contributed by atoms with Gasteiger partial charge in [-0.25, -0.2) is 23.1 Å². The van der Waals surface area contributed by atoms with Gasteiger partial charge in [0, 0.05) is 18.7 Å². The zero-order valence-electron chi connectivity index (χ0n) is 18.0. The summed E-state index contributed by atoms with van der Waals surface area (Å²) >= 11 is 0. The maximum atomic E-state index is 14.3. The van der Waals surface area contributed by atoms with Gasteiger partial charge in [0.25, 0.3) is 6.43 Å². The van der Waals surface area contributed by atoms with Crippen LogP contribution in [0.1, 0.15) is 41.5 Å². The molecular weight excluding hydrogens is 444 g/mol. The van der Waals surface area contributed by atoms with Gasteiger partial charge in [0.15, 0.2) is 6.29 Å². The van der Waals surface area contributed by atoms with Crippen LogP contribution in [0.3, 0.4) is 0 Å². The van der Waals surface area contributed by atoms with E-state index in [1.165, 1.54) is 18.5 Å². The van der Waals surface area contributed by atoms with Crippen LogP contribution in [-0.2, 0) is 27.2 Å². The van der Waals surface area contributed by atoms with E-state index in [9.17, 15) is 22.4 Å². The maximum Gasteiger partial charge on any atom is 0.266 e. The number of rotatable bonds is 10. The van der Waals surface area contributed by atoms with Crippen LogP contribution in [0.15, 0.2) is 37.7 Å². The number of carbonyl (C=O) groups is 1. The van der Waals surface area contributed by atoms with Gasteiger partial charge in [-0.1, -0.05) is 18.2 Å². The van der Waals surface area contributed by atoms with Crippen LogP contribution in [0.5, 0.6) is 0 Å². The number of nitrogens with zero attached hydrogens (tertiary/aromatic N) is 2. The second-order valence-corrected chi connectivity index (χ2v) is 6.70. The van der Waals surface area contributed by atoms with Gasteiger partial charge in [-0.15, -0.1) is 13.2 Å². The first kappa shape index (κ1) is 26.2. The Bertz CT molecular complexity index is 911. The molecule has 1 aliphatic rings. The van der Waals surface area contributed by atoms with Crippen LogP contribution in [0.2, 0.25) is 0 Å². The number of carbonyl (C=O) groups excluding carboxylic acids is 1. The third-order valence-electron chi connectivity index (χ3n) is 4.57. The lowest BCUT2D eigenvalue weighted by Crippen LogP contribution is -2.27. The van der Waals surface area contributed by atoms with Gasteiger partial charge in [0.2, 0.25) is 5.91 Å². The van der Waals surface area contributed by atoms with Crippen LogP contribution >= 0.6 is 0 Å². The molecule has 11 heteroatoms. The smallest absolute Gasteiger partial charge is 0.266 e. The molecule has 2 heterocycles. The number of aromatic nitrogens is 2. The summed E-state index contributed by atoms with van der Waals surface area (Å²) in [5, 5.41) is 5.49. The molecule has 1 amide bonds. The molecule has 0 saturated carbocycles. The van der Waals surface area contributed by atoms with Crippen molar-refractivity contribution in [1.82, 2.24) is 15.3 Å². The number of alkyl halides is 3.